The minimum absolute atomic E-state index is 0.0342. The highest BCUT2D eigenvalue weighted by Crippen LogP contribution is 2.47. The topological polar surface area (TPSA) is 75.4 Å². The van der Waals surface area contributed by atoms with Crippen LogP contribution in [0.3, 0.4) is 0 Å². The van der Waals surface area contributed by atoms with E-state index in [2.05, 4.69) is 16.8 Å². The zero-order chi connectivity index (χ0) is 23.4. The number of carbonyl (C=O) groups is 1. The first-order chi connectivity index (χ1) is 16.5. The summed E-state index contributed by atoms with van der Waals surface area (Å²) in [7, 11) is 0. The molecule has 4 aliphatic rings. The van der Waals surface area contributed by atoms with E-state index >= 15 is 0 Å². The zero-order valence-corrected chi connectivity index (χ0v) is 20.2. The van der Waals surface area contributed by atoms with E-state index < -0.39 is 11.5 Å². The van der Waals surface area contributed by atoms with Crippen molar-refractivity contribution >= 4 is 17.0 Å². The van der Waals surface area contributed by atoms with Crippen molar-refractivity contribution in [3.05, 3.63) is 40.3 Å². The predicted molar refractivity (Wildman–Crippen MR) is 132 cm³/mol. The summed E-state index contributed by atoms with van der Waals surface area (Å²) < 4.78 is 1.79. The smallest absolute Gasteiger partial charge is 0.360 e. The van der Waals surface area contributed by atoms with Gasteiger partial charge >= 0.3 is 5.97 Å². The van der Waals surface area contributed by atoms with Crippen LogP contribution >= 0.6 is 0 Å². The average molecular weight is 464 g/mol. The molecule has 34 heavy (non-hydrogen) atoms. The third-order valence-corrected chi connectivity index (χ3v) is 9.46. The number of hydrogen-bond donors (Lipinski definition) is 1. The van der Waals surface area contributed by atoms with E-state index in [-0.39, 0.29) is 11.7 Å². The fourth-order valence-electron chi connectivity index (χ4n) is 8.31. The van der Waals surface area contributed by atoms with Gasteiger partial charge in [0.05, 0.1) is 11.0 Å². The number of nitrogens with zero attached hydrogens (tertiary/aromatic N) is 3. The van der Waals surface area contributed by atoms with Gasteiger partial charge in [0.1, 0.15) is 0 Å². The molecule has 6 nitrogen and oxygen atoms in total. The van der Waals surface area contributed by atoms with Crippen molar-refractivity contribution in [2.75, 3.05) is 0 Å². The van der Waals surface area contributed by atoms with Crippen molar-refractivity contribution in [3.8, 4) is 0 Å². The van der Waals surface area contributed by atoms with Gasteiger partial charge in [-0.3, -0.25) is 9.69 Å². The largest absolute Gasteiger partial charge is 0.476 e. The lowest BCUT2D eigenvalue weighted by Crippen LogP contribution is -2.58. The van der Waals surface area contributed by atoms with Crippen molar-refractivity contribution in [2.24, 2.45) is 17.8 Å². The molecule has 0 spiro atoms. The van der Waals surface area contributed by atoms with Crippen LogP contribution in [-0.4, -0.2) is 43.7 Å². The van der Waals surface area contributed by atoms with Gasteiger partial charge in [-0.15, -0.1) is 0 Å². The Hall–Kier alpha value is -2.21. The van der Waals surface area contributed by atoms with Crippen LogP contribution in [0.25, 0.3) is 11.0 Å². The Labute approximate surface area is 201 Å². The highest BCUT2D eigenvalue weighted by Gasteiger charge is 2.44. The number of benzene rings is 1. The van der Waals surface area contributed by atoms with Gasteiger partial charge in [-0.2, -0.15) is 0 Å². The molecule has 4 bridgehead atoms. The molecule has 1 aromatic heterocycles. The highest BCUT2D eigenvalue weighted by molar-refractivity contribution is 5.88. The van der Waals surface area contributed by atoms with Crippen LogP contribution in [0.15, 0.2) is 29.1 Å². The van der Waals surface area contributed by atoms with Crippen LogP contribution in [0.4, 0.5) is 0 Å². The molecule has 0 amide bonds. The summed E-state index contributed by atoms with van der Waals surface area (Å²) in [6.07, 6.45) is 13.8. The average Bonchev–Trinajstić information content (AvgIpc) is 3.25. The van der Waals surface area contributed by atoms with E-state index in [9.17, 15) is 14.7 Å². The number of hydrogen-bond acceptors (Lipinski definition) is 4. The molecular weight excluding hydrogens is 426 g/mol. The van der Waals surface area contributed by atoms with Gasteiger partial charge in [0.25, 0.3) is 5.56 Å². The Balaban J connectivity index is 1.34. The predicted octanol–water partition coefficient (Wildman–Crippen LogP) is 5.26. The quantitative estimate of drug-likeness (QED) is 0.672. The maximum atomic E-state index is 13.3. The lowest BCUT2D eigenvalue weighted by molar-refractivity contribution is -0.0332. The van der Waals surface area contributed by atoms with E-state index in [1.165, 1.54) is 57.8 Å². The molecule has 3 heterocycles. The van der Waals surface area contributed by atoms with E-state index in [4.69, 9.17) is 0 Å². The first-order valence-electron chi connectivity index (χ1n) is 13.5. The van der Waals surface area contributed by atoms with Crippen molar-refractivity contribution in [1.82, 2.24) is 14.5 Å². The SMILES string of the molecule is C[C@H]1C[C@H]2CC[C@H](C2)C[C@@H](N2[C@@H]3CCC[C@H]2CC(n2c(=O)c(C(=O)O)nc4ccccc42)C3)C1. The number of aromatic nitrogens is 2. The summed E-state index contributed by atoms with van der Waals surface area (Å²) >= 11 is 0. The van der Waals surface area contributed by atoms with Crippen molar-refractivity contribution in [1.29, 1.82) is 0 Å². The first kappa shape index (κ1) is 22.3. The summed E-state index contributed by atoms with van der Waals surface area (Å²) in [6.45, 7) is 2.46. The number of fused-ring (bicyclic) bond motifs is 5. The van der Waals surface area contributed by atoms with Gasteiger partial charge in [0, 0.05) is 24.2 Å². The van der Waals surface area contributed by atoms with E-state index in [0.717, 1.165) is 36.1 Å². The molecule has 7 atom stereocenters. The maximum Gasteiger partial charge on any atom is 0.360 e. The van der Waals surface area contributed by atoms with Gasteiger partial charge in [-0.25, -0.2) is 9.78 Å². The molecule has 2 aliphatic heterocycles. The molecule has 2 aliphatic carbocycles. The third-order valence-electron chi connectivity index (χ3n) is 9.46. The van der Waals surface area contributed by atoms with Crippen LogP contribution in [0.5, 0.6) is 0 Å². The van der Waals surface area contributed by atoms with Crippen LogP contribution in [0.2, 0.25) is 0 Å². The van der Waals surface area contributed by atoms with Gasteiger partial charge in [0.15, 0.2) is 0 Å². The minimum atomic E-state index is -1.24. The van der Waals surface area contributed by atoms with E-state index in [1.54, 1.807) is 4.57 Å². The molecule has 2 saturated heterocycles. The Morgan fingerprint density at radius 2 is 1.59 bits per heavy atom. The number of piperidine rings is 2. The number of carboxylic acid groups (broad SMARTS) is 1. The molecule has 6 rings (SSSR count). The number of para-hydroxylation sites is 2. The molecule has 182 valence electrons. The first-order valence-corrected chi connectivity index (χ1v) is 13.5. The lowest BCUT2D eigenvalue weighted by atomic mass is 9.76. The minimum Gasteiger partial charge on any atom is -0.476 e. The zero-order valence-electron chi connectivity index (χ0n) is 20.2. The fraction of sp³-hybridized carbons (Fsp3) is 0.679. The van der Waals surface area contributed by atoms with E-state index in [0.29, 0.717) is 23.6 Å². The summed E-state index contributed by atoms with van der Waals surface area (Å²) in [4.78, 5) is 32.3. The Bertz CT molecular complexity index is 1130. The van der Waals surface area contributed by atoms with Gasteiger partial charge in [-0.1, -0.05) is 38.3 Å². The second kappa shape index (κ2) is 8.78. The standard InChI is InChI=1S/C28H37N3O3/c1-17-11-18-9-10-19(13-18)14-22(12-17)30-20-5-4-6-21(30)16-23(15-20)31-25-8-3-2-7-24(25)29-26(27(31)32)28(33)34/h2-3,7-8,17-23H,4-6,9-16H2,1H3,(H,33,34)/t17-,18+,19+,20-,21+,22-,23?/m0/s1. The highest BCUT2D eigenvalue weighted by atomic mass is 16.4. The molecule has 2 aromatic rings. The second-order valence-electron chi connectivity index (χ2n) is 11.8. The Morgan fingerprint density at radius 1 is 0.882 bits per heavy atom. The fourth-order valence-corrected chi connectivity index (χ4v) is 8.31. The number of aromatic carboxylic acids is 1. The molecule has 1 N–H and O–H groups in total. The summed E-state index contributed by atoms with van der Waals surface area (Å²) in [5.74, 6) is 1.41. The Kier molecular flexibility index (Phi) is 5.75. The summed E-state index contributed by atoms with van der Waals surface area (Å²) in [6, 6.07) is 9.18. The van der Waals surface area contributed by atoms with Gasteiger partial charge < -0.3 is 9.67 Å². The number of rotatable bonds is 3. The lowest BCUT2D eigenvalue weighted by Gasteiger charge is -2.53. The molecule has 2 saturated carbocycles. The van der Waals surface area contributed by atoms with Crippen LogP contribution < -0.4 is 5.56 Å². The summed E-state index contributed by atoms with van der Waals surface area (Å²) in [5, 5.41) is 9.66. The van der Waals surface area contributed by atoms with Crippen molar-refractivity contribution in [3.63, 3.8) is 0 Å². The molecular formula is C28H37N3O3. The number of carboxylic acids is 1. The molecule has 4 fully saturated rings. The maximum absolute atomic E-state index is 13.3. The van der Waals surface area contributed by atoms with Crippen LogP contribution in [-0.2, 0) is 0 Å². The molecule has 0 radical (unpaired) electrons. The van der Waals surface area contributed by atoms with Crippen molar-refractivity contribution in [2.45, 2.75) is 102 Å². The normalized spacial score (nSPS) is 36.2. The molecule has 1 unspecified atom stereocenters. The molecule has 6 heteroatoms. The Morgan fingerprint density at radius 3 is 2.32 bits per heavy atom. The third kappa shape index (κ3) is 3.88. The monoisotopic (exact) mass is 463 g/mol. The van der Waals surface area contributed by atoms with Crippen LogP contribution in [0.1, 0.15) is 94.1 Å². The van der Waals surface area contributed by atoms with Crippen LogP contribution in [0, 0.1) is 17.8 Å². The van der Waals surface area contributed by atoms with E-state index in [1.807, 2.05) is 24.3 Å². The van der Waals surface area contributed by atoms with Crippen molar-refractivity contribution < 1.29 is 9.90 Å². The summed E-state index contributed by atoms with van der Waals surface area (Å²) in [5.41, 5.74) is 0.567. The molecule has 1 aromatic carbocycles. The second-order valence-corrected chi connectivity index (χ2v) is 11.8. The van der Waals surface area contributed by atoms with Gasteiger partial charge in [-0.05, 0) is 81.3 Å². The van der Waals surface area contributed by atoms with Gasteiger partial charge in [0.2, 0.25) is 5.69 Å².